The molecule has 0 atom stereocenters. The van der Waals surface area contributed by atoms with Gasteiger partial charge < -0.3 is 19.9 Å². The molecule has 1 aromatic heterocycles. The van der Waals surface area contributed by atoms with Crippen LogP contribution >= 0.6 is 0 Å². The van der Waals surface area contributed by atoms with Gasteiger partial charge in [0.15, 0.2) is 0 Å². The molecule has 130 valence electrons. The fourth-order valence-corrected chi connectivity index (χ4v) is 2.24. The van der Waals surface area contributed by atoms with Crippen molar-refractivity contribution in [2.24, 2.45) is 0 Å². The van der Waals surface area contributed by atoms with E-state index in [1.54, 1.807) is 30.5 Å². The first kappa shape index (κ1) is 19.4. The van der Waals surface area contributed by atoms with Crippen LogP contribution in [0.15, 0.2) is 30.5 Å². The Morgan fingerprint density at radius 1 is 1.29 bits per heavy atom. The van der Waals surface area contributed by atoms with Crippen molar-refractivity contribution in [2.45, 2.75) is 39.3 Å². The van der Waals surface area contributed by atoms with Gasteiger partial charge in [0.1, 0.15) is 5.82 Å². The van der Waals surface area contributed by atoms with Crippen molar-refractivity contribution in [3.05, 3.63) is 53.1 Å². The highest BCUT2D eigenvalue weighted by molar-refractivity contribution is 5.87. The molecule has 1 heterocycles. The quantitative estimate of drug-likeness (QED) is 0.669. The molecule has 0 saturated heterocycles. The number of carboxylic acid groups (broad SMARTS) is 2. The van der Waals surface area contributed by atoms with Crippen LogP contribution in [0.3, 0.4) is 0 Å². The van der Waals surface area contributed by atoms with E-state index in [-0.39, 0.29) is 18.6 Å². The summed E-state index contributed by atoms with van der Waals surface area (Å²) in [5, 5.41) is 25.2. The molecule has 0 saturated carbocycles. The third-order valence-electron chi connectivity index (χ3n) is 3.48. The summed E-state index contributed by atoms with van der Waals surface area (Å²) < 4.78 is 2.01. The molecule has 7 nitrogen and oxygen atoms in total. The number of aliphatic hydroxyl groups is 1. The lowest BCUT2D eigenvalue weighted by Gasteiger charge is -2.11. The van der Waals surface area contributed by atoms with Crippen molar-refractivity contribution in [2.75, 3.05) is 0 Å². The summed E-state index contributed by atoms with van der Waals surface area (Å²) in [5.74, 6) is 0.0343. The minimum Gasteiger partial charge on any atom is -0.483 e. The summed E-state index contributed by atoms with van der Waals surface area (Å²) in [5.41, 5.74) is 2.05. The Morgan fingerprint density at radius 3 is 2.42 bits per heavy atom. The largest absolute Gasteiger partial charge is 0.483 e. The molecule has 0 bridgehead atoms. The SMILES string of the molecule is CCCCc1ncc(CO)n1Cc1ccc(C(=O)O)cc1.O=CO. The second-order valence-electron chi connectivity index (χ2n) is 5.12. The van der Waals surface area contributed by atoms with E-state index in [1.807, 2.05) is 4.57 Å². The summed E-state index contributed by atoms with van der Waals surface area (Å²) in [7, 11) is 0. The number of benzene rings is 1. The van der Waals surface area contributed by atoms with Crippen molar-refractivity contribution >= 4 is 12.4 Å². The average molecular weight is 334 g/mol. The maximum absolute atomic E-state index is 10.9. The van der Waals surface area contributed by atoms with Crippen LogP contribution in [0, 0.1) is 0 Å². The Labute approximate surface area is 140 Å². The number of carbonyl (C=O) groups is 2. The molecule has 0 aliphatic heterocycles. The van der Waals surface area contributed by atoms with Gasteiger partial charge in [-0.2, -0.15) is 0 Å². The maximum atomic E-state index is 10.9. The van der Waals surface area contributed by atoms with Crippen LogP contribution in [-0.4, -0.2) is 37.3 Å². The number of unbranched alkanes of at least 4 members (excludes halogenated alkanes) is 1. The Hall–Kier alpha value is -2.67. The molecule has 0 aliphatic rings. The van der Waals surface area contributed by atoms with Crippen molar-refractivity contribution < 1.29 is 24.9 Å². The minimum atomic E-state index is -0.927. The first-order valence-electron chi connectivity index (χ1n) is 7.61. The van der Waals surface area contributed by atoms with E-state index in [2.05, 4.69) is 11.9 Å². The molecule has 2 aromatic rings. The van der Waals surface area contributed by atoms with Crippen LogP contribution in [0.1, 0.15) is 47.2 Å². The summed E-state index contributed by atoms with van der Waals surface area (Å²) in [6.45, 7) is 2.42. The molecular formula is C17H22N2O5. The third-order valence-corrected chi connectivity index (χ3v) is 3.48. The number of aromatic nitrogens is 2. The van der Waals surface area contributed by atoms with E-state index >= 15 is 0 Å². The van der Waals surface area contributed by atoms with Crippen LogP contribution in [0.25, 0.3) is 0 Å². The number of rotatable bonds is 7. The van der Waals surface area contributed by atoms with Crippen LogP contribution in [0.4, 0.5) is 0 Å². The molecule has 0 spiro atoms. The van der Waals surface area contributed by atoms with Crippen LogP contribution < -0.4 is 0 Å². The van der Waals surface area contributed by atoms with E-state index in [1.165, 1.54) is 0 Å². The molecule has 3 N–H and O–H groups in total. The number of aromatic carboxylic acids is 1. The van der Waals surface area contributed by atoms with Crippen LogP contribution in [0.2, 0.25) is 0 Å². The van der Waals surface area contributed by atoms with Gasteiger partial charge in [0.25, 0.3) is 6.47 Å². The van der Waals surface area contributed by atoms with E-state index < -0.39 is 5.97 Å². The van der Waals surface area contributed by atoms with E-state index in [0.29, 0.717) is 6.54 Å². The van der Waals surface area contributed by atoms with Gasteiger partial charge in [-0.05, 0) is 24.1 Å². The lowest BCUT2D eigenvalue weighted by molar-refractivity contribution is -0.122. The summed E-state index contributed by atoms with van der Waals surface area (Å²) in [6, 6.07) is 6.79. The second-order valence-corrected chi connectivity index (χ2v) is 5.12. The van der Waals surface area contributed by atoms with Crippen molar-refractivity contribution in [1.82, 2.24) is 9.55 Å². The topological polar surface area (TPSA) is 113 Å². The smallest absolute Gasteiger partial charge is 0.335 e. The predicted octanol–water partition coefficient (Wildman–Crippen LogP) is 2.17. The van der Waals surface area contributed by atoms with Crippen LogP contribution in [0.5, 0.6) is 0 Å². The van der Waals surface area contributed by atoms with Gasteiger partial charge in [-0.25, -0.2) is 9.78 Å². The summed E-state index contributed by atoms with van der Waals surface area (Å²) in [6.07, 6.45) is 4.73. The van der Waals surface area contributed by atoms with Gasteiger partial charge in [0.2, 0.25) is 0 Å². The molecule has 0 fully saturated rings. The Morgan fingerprint density at radius 2 is 1.92 bits per heavy atom. The van der Waals surface area contributed by atoms with Gasteiger partial charge in [-0.1, -0.05) is 25.5 Å². The van der Waals surface area contributed by atoms with Crippen LogP contribution in [-0.2, 0) is 24.4 Å². The number of aryl methyl sites for hydroxylation is 1. The number of hydrogen-bond acceptors (Lipinski definition) is 4. The van der Waals surface area contributed by atoms with Crippen molar-refractivity contribution in [3.8, 4) is 0 Å². The van der Waals surface area contributed by atoms with Crippen molar-refractivity contribution in [1.29, 1.82) is 0 Å². The molecule has 24 heavy (non-hydrogen) atoms. The lowest BCUT2D eigenvalue weighted by atomic mass is 10.1. The number of aliphatic hydroxyl groups excluding tert-OH is 1. The van der Waals surface area contributed by atoms with Gasteiger partial charge in [-0.3, -0.25) is 4.79 Å². The molecule has 0 aliphatic carbocycles. The molecule has 1 aromatic carbocycles. The molecule has 0 radical (unpaired) electrons. The summed E-state index contributed by atoms with van der Waals surface area (Å²) in [4.78, 5) is 23.6. The number of nitrogens with zero attached hydrogens (tertiary/aromatic N) is 2. The monoisotopic (exact) mass is 334 g/mol. The van der Waals surface area contributed by atoms with Gasteiger partial charge in [-0.15, -0.1) is 0 Å². The molecule has 0 unspecified atom stereocenters. The highest BCUT2D eigenvalue weighted by atomic mass is 16.4. The van der Waals surface area contributed by atoms with Gasteiger partial charge in [0, 0.05) is 13.0 Å². The van der Waals surface area contributed by atoms with Crippen molar-refractivity contribution in [3.63, 3.8) is 0 Å². The molecule has 0 amide bonds. The number of imidazole rings is 1. The maximum Gasteiger partial charge on any atom is 0.335 e. The fraction of sp³-hybridized carbons (Fsp3) is 0.353. The first-order valence-corrected chi connectivity index (χ1v) is 7.61. The molecule has 2 rings (SSSR count). The Balaban J connectivity index is 0.000000891. The highest BCUT2D eigenvalue weighted by Crippen LogP contribution is 2.13. The second kappa shape index (κ2) is 10.2. The number of carboxylic acids is 1. The third kappa shape index (κ3) is 5.51. The average Bonchev–Trinajstić information content (AvgIpc) is 2.96. The molecular weight excluding hydrogens is 312 g/mol. The Kier molecular flexibility index (Phi) is 8.21. The zero-order chi connectivity index (χ0) is 17.9. The fourth-order valence-electron chi connectivity index (χ4n) is 2.24. The first-order chi connectivity index (χ1) is 11.6. The minimum absolute atomic E-state index is 0.0493. The van der Waals surface area contributed by atoms with E-state index in [9.17, 15) is 9.90 Å². The standard InChI is InChI=1S/C16H20N2O3.CH2O2/c1-2-3-4-15-17-9-14(11-19)18(15)10-12-5-7-13(8-6-12)16(20)21;2-1-3/h5-9,19H,2-4,10-11H2,1H3,(H,20,21);1H,(H,2,3). The Bertz CT molecular complexity index is 650. The number of hydrogen-bond donors (Lipinski definition) is 3. The summed E-state index contributed by atoms with van der Waals surface area (Å²) >= 11 is 0. The van der Waals surface area contributed by atoms with E-state index in [4.69, 9.17) is 15.0 Å². The van der Waals surface area contributed by atoms with Gasteiger partial charge in [0.05, 0.1) is 24.1 Å². The molecule has 7 heteroatoms. The predicted molar refractivity (Wildman–Crippen MR) is 88.0 cm³/mol. The normalized spacial score (nSPS) is 9.92. The van der Waals surface area contributed by atoms with E-state index in [0.717, 1.165) is 36.3 Å². The lowest BCUT2D eigenvalue weighted by Crippen LogP contribution is -2.09. The van der Waals surface area contributed by atoms with Gasteiger partial charge >= 0.3 is 5.97 Å². The highest BCUT2D eigenvalue weighted by Gasteiger charge is 2.10. The zero-order valence-electron chi connectivity index (χ0n) is 13.6. The zero-order valence-corrected chi connectivity index (χ0v) is 13.6.